The second-order valence-corrected chi connectivity index (χ2v) is 16.3. The van der Waals surface area contributed by atoms with Crippen LogP contribution >= 0.6 is 0 Å². The summed E-state index contributed by atoms with van der Waals surface area (Å²) >= 11 is 0. The van der Waals surface area contributed by atoms with Crippen LogP contribution < -0.4 is 5.32 Å². The van der Waals surface area contributed by atoms with Gasteiger partial charge in [0.25, 0.3) is 0 Å². The molecule has 1 rings (SSSR count). The quantitative estimate of drug-likeness (QED) is 0.0626. The lowest BCUT2D eigenvalue weighted by Crippen LogP contribution is -2.44. The number of nitrogens with one attached hydrogen (secondary N) is 1. The Kier molecular flexibility index (Phi) is 34.9. The van der Waals surface area contributed by atoms with Crippen LogP contribution in [-0.4, -0.2) is 92.5 Å². The van der Waals surface area contributed by atoms with Crippen LogP contribution in [0.1, 0.15) is 207 Å². The number of hydrogen-bond donors (Lipinski definition) is 1. The van der Waals surface area contributed by atoms with Crippen LogP contribution in [0.5, 0.6) is 0 Å². The van der Waals surface area contributed by atoms with Crippen molar-refractivity contribution in [2.75, 3.05) is 59.2 Å². The summed E-state index contributed by atoms with van der Waals surface area (Å²) in [6, 6.07) is 0. The Morgan fingerprint density at radius 2 is 0.818 bits per heavy atom. The largest absolute Gasteiger partial charge is 0.379 e. The smallest absolute Gasteiger partial charge is 0.226 e. The molecule has 1 N–H and O–H groups in total. The maximum atomic E-state index is 13.4. The molecule has 3 amide bonds. The van der Waals surface area contributed by atoms with Crippen LogP contribution in [0.4, 0.5) is 0 Å². The van der Waals surface area contributed by atoms with E-state index in [-0.39, 0.29) is 23.5 Å². The number of amides is 3. The van der Waals surface area contributed by atoms with Crippen LogP contribution in [-0.2, 0) is 28.7 Å². The van der Waals surface area contributed by atoms with E-state index in [4.69, 9.17) is 9.47 Å². The Balaban J connectivity index is 2.45. The molecule has 322 valence electrons. The minimum Gasteiger partial charge on any atom is -0.379 e. The molecule has 0 atom stereocenters. The van der Waals surface area contributed by atoms with Gasteiger partial charge in [0.1, 0.15) is 5.78 Å². The van der Waals surface area contributed by atoms with Crippen molar-refractivity contribution in [2.24, 2.45) is 5.92 Å². The molecule has 1 fully saturated rings. The van der Waals surface area contributed by atoms with E-state index in [0.29, 0.717) is 78.4 Å². The topological polar surface area (TPSA) is 105 Å². The molecule has 0 saturated carbocycles. The summed E-state index contributed by atoms with van der Waals surface area (Å²) in [4.78, 5) is 54.9. The molecule has 0 aromatic heterocycles. The van der Waals surface area contributed by atoms with E-state index < -0.39 is 5.92 Å². The number of rotatable bonds is 38. The summed E-state index contributed by atoms with van der Waals surface area (Å²) in [6.45, 7) is 9.60. The van der Waals surface area contributed by atoms with Crippen molar-refractivity contribution in [3.63, 3.8) is 0 Å². The van der Waals surface area contributed by atoms with Crippen molar-refractivity contribution < 1.29 is 28.7 Å². The Morgan fingerprint density at radius 1 is 0.473 bits per heavy atom. The molecule has 1 aliphatic rings. The lowest BCUT2D eigenvalue weighted by molar-refractivity contribution is -0.133. The molecule has 55 heavy (non-hydrogen) atoms. The highest BCUT2D eigenvalue weighted by Crippen LogP contribution is 2.18. The average Bonchev–Trinajstić information content (AvgIpc) is 3.41. The highest BCUT2D eigenvalue weighted by Gasteiger charge is 2.31. The summed E-state index contributed by atoms with van der Waals surface area (Å²) in [5, 5.41) is 2.98. The van der Waals surface area contributed by atoms with E-state index in [9.17, 15) is 19.2 Å². The first-order valence-corrected chi connectivity index (χ1v) is 23.4. The van der Waals surface area contributed by atoms with E-state index in [1.54, 1.807) is 6.92 Å². The zero-order valence-corrected chi connectivity index (χ0v) is 36.3. The molecule has 0 spiro atoms. The molecule has 1 saturated heterocycles. The highest BCUT2D eigenvalue weighted by molar-refractivity contribution is 5.83. The van der Waals surface area contributed by atoms with Crippen LogP contribution in [0, 0.1) is 5.92 Å². The SMILES string of the molecule is CCCCCCCCCCCCCCCC(=O)N1CCN(C(=O)CCCCCCCCCCCCCCC)CC(C(=O)NCCOCCOCCC(C)=O)C1. The molecule has 0 unspecified atom stereocenters. The van der Waals surface area contributed by atoms with Gasteiger partial charge in [0, 0.05) is 52.0 Å². The van der Waals surface area contributed by atoms with E-state index in [1.807, 2.05) is 9.80 Å². The van der Waals surface area contributed by atoms with E-state index >= 15 is 0 Å². The van der Waals surface area contributed by atoms with Gasteiger partial charge in [-0.3, -0.25) is 19.2 Å². The van der Waals surface area contributed by atoms with Crippen molar-refractivity contribution >= 4 is 23.5 Å². The fourth-order valence-electron chi connectivity index (χ4n) is 7.47. The number of ketones is 1. The zero-order valence-electron chi connectivity index (χ0n) is 36.3. The van der Waals surface area contributed by atoms with Crippen LogP contribution in [0.3, 0.4) is 0 Å². The molecule has 0 aromatic carbocycles. The lowest BCUT2D eigenvalue weighted by atomic mass is 10.0. The molecular formula is C46H87N3O6. The molecule has 0 radical (unpaired) electrons. The summed E-state index contributed by atoms with van der Waals surface area (Å²) in [7, 11) is 0. The minimum absolute atomic E-state index is 0.0970. The number of hydrogen-bond acceptors (Lipinski definition) is 6. The van der Waals surface area contributed by atoms with Crippen molar-refractivity contribution in [2.45, 2.75) is 207 Å². The fourth-order valence-corrected chi connectivity index (χ4v) is 7.47. The van der Waals surface area contributed by atoms with Gasteiger partial charge in [0.15, 0.2) is 0 Å². The van der Waals surface area contributed by atoms with E-state index in [2.05, 4.69) is 19.2 Å². The number of unbranched alkanes of at least 4 members (excludes halogenated alkanes) is 24. The van der Waals surface area contributed by atoms with Gasteiger partial charge in [-0.15, -0.1) is 0 Å². The summed E-state index contributed by atoms with van der Waals surface area (Å²) < 4.78 is 11.0. The van der Waals surface area contributed by atoms with Gasteiger partial charge in [0.2, 0.25) is 17.7 Å². The van der Waals surface area contributed by atoms with Gasteiger partial charge in [-0.05, 0) is 19.8 Å². The van der Waals surface area contributed by atoms with E-state index in [0.717, 1.165) is 25.7 Å². The van der Waals surface area contributed by atoms with Gasteiger partial charge in [-0.25, -0.2) is 0 Å². The number of nitrogens with zero attached hydrogens (tertiary/aromatic N) is 2. The second-order valence-electron chi connectivity index (χ2n) is 16.3. The molecule has 1 heterocycles. The predicted molar refractivity (Wildman–Crippen MR) is 227 cm³/mol. The molecule has 0 bridgehead atoms. The first kappa shape index (κ1) is 51.0. The van der Waals surface area contributed by atoms with Crippen LogP contribution in [0.25, 0.3) is 0 Å². The molecule has 0 aliphatic carbocycles. The van der Waals surface area contributed by atoms with Crippen molar-refractivity contribution in [3.05, 3.63) is 0 Å². The Hall–Kier alpha value is -2.00. The summed E-state index contributed by atoms with van der Waals surface area (Å²) in [5.74, 6) is -0.314. The molecular weight excluding hydrogens is 691 g/mol. The van der Waals surface area contributed by atoms with Crippen molar-refractivity contribution in [1.29, 1.82) is 0 Å². The molecule has 9 nitrogen and oxygen atoms in total. The van der Waals surface area contributed by atoms with Gasteiger partial charge >= 0.3 is 0 Å². The molecule has 9 heteroatoms. The lowest BCUT2D eigenvalue weighted by Gasteiger charge is -2.24. The normalized spacial score (nSPS) is 13.7. The zero-order chi connectivity index (χ0) is 40.0. The first-order chi connectivity index (χ1) is 26.9. The van der Waals surface area contributed by atoms with Crippen molar-refractivity contribution in [1.82, 2.24) is 15.1 Å². The van der Waals surface area contributed by atoms with Crippen molar-refractivity contribution in [3.8, 4) is 0 Å². The standard InChI is InChI=1S/C46H87N3O6/c1-4-6-8-10-12-14-16-18-20-22-24-26-28-30-44(51)48-34-35-49(45(52)31-29-27-25-23-21-19-17-15-13-11-9-7-5-2)41-43(40-48)46(53)47-33-37-55-39-38-54-36-32-42(3)50/h43H,4-41H2,1-3H3,(H,47,53). The second kappa shape index (κ2) is 37.6. The monoisotopic (exact) mass is 778 g/mol. The third-order valence-electron chi connectivity index (χ3n) is 11.1. The van der Waals surface area contributed by atoms with Gasteiger partial charge in [-0.1, -0.05) is 168 Å². The number of Topliss-reactive ketones (excluding diaryl/α,β-unsaturated/α-hetero) is 1. The van der Waals surface area contributed by atoms with Crippen LogP contribution in [0.15, 0.2) is 0 Å². The van der Waals surface area contributed by atoms with Gasteiger partial charge < -0.3 is 24.6 Å². The summed E-state index contributed by atoms with van der Waals surface area (Å²) in [6.07, 6.45) is 34.4. The van der Waals surface area contributed by atoms with Gasteiger partial charge in [0.05, 0.1) is 32.3 Å². The molecule has 1 aliphatic heterocycles. The third kappa shape index (κ3) is 30.8. The molecule has 0 aromatic rings. The first-order valence-electron chi connectivity index (χ1n) is 23.4. The number of ether oxygens (including phenoxy) is 2. The number of carbonyl (C=O) groups is 4. The Morgan fingerprint density at radius 3 is 1.18 bits per heavy atom. The summed E-state index contributed by atoms with van der Waals surface area (Å²) in [5.41, 5.74) is 0. The maximum Gasteiger partial charge on any atom is 0.226 e. The maximum absolute atomic E-state index is 13.4. The Bertz CT molecular complexity index is 895. The predicted octanol–water partition coefficient (Wildman–Crippen LogP) is 10.4. The van der Waals surface area contributed by atoms with E-state index in [1.165, 1.54) is 141 Å². The third-order valence-corrected chi connectivity index (χ3v) is 11.1. The average molecular weight is 778 g/mol. The Labute approximate surface area is 338 Å². The fraction of sp³-hybridized carbons (Fsp3) is 0.913. The minimum atomic E-state index is -0.469. The highest BCUT2D eigenvalue weighted by atomic mass is 16.5. The van der Waals surface area contributed by atoms with Gasteiger partial charge in [-0.2, -0.15) is 0 Å². The number of carbonyl (C=O) groups excluding carboxylic acids is 4. The van der Waals surface area contributed by atoms with Crippen LogP contribution in [0.2, 0.25) is 0 Å².